The zero-order valence-electron chi connectivity index (χ0n) is 9.76. The SMILES string of the molecule is c1cc(-c2cn[nH]n2)ccc1CN1CCCC1. The van der Waals surface area contributed by atoms with Gasteiger partial charge in [0.15, 0.2) is 0 Å². The summed E-state index contributed by atoms with van der Waals surface area (Å²) in [6.45, 7) is 3.55. The van der Waals surface area contributed by atoms with Crippen molar-refractivity contribution in [2.75, 3.05) is 13.1 Å². The maximum atomic E-state index is 4.07. The number of hydrogen-bond donors (Lipinski definition) is 1. The number of nitrogens with zero attached hydrogens (tertiary/aromatic N) is 3. The first-order chi connectivity index (χ1) is 8.42. The molecule has 1 aromatic carbocycles. The van der Waals surface area contributed by atoms with E-state index >= 15 is 0 Å². The minimum absolute atomic E-state index is 0.901. The summed E-state index contributed by atoms with van der Waals surface area (Å²) in [5, 5.41) is 10.5. The largest absolute Gasteiger partial charge is 0.299 e. The van der Waals surface area contributed by atoms with Crippen molar-refractivity contribution in [1.82, 2.24) is 20.3 Å². The van der Waals surface area contributed by atoms with Crippen molar-refractivity contribution in [3.05, 3.63) is 36.0 Å². The summed E-state index contributed by atoms with van der Waals surface area (Å²) in [4.78, 5) is 2.51. The number of rotatable bonds is 3. The van der Waals surface area contributed by atoms with Crippen LogP contribution < -0.4 is 0 Å². The highest BCUT2D eigenvalue weighted by Crippen LogP contribution is 2.18. The molecule has 1 aromatic heterocycles. The highest BCUT2D eigenvalue weighted by Gasteiger charge is 2.11. The number of H-pyrrole nitrogens is 1. The van der Waals surface area contributed by atoms with E-state index in [2.05, 4.69) is 44.6 Å². The van der Waals surface area contributed by atoms with E-state index in [1.807, 2.05) is 0 Å². The average molecular weight is 228 g/mol. The number of likely N-dealkylation sites (tertiary alicyclic amines) is 1. The van der Waals surface area contributed by atoms with Gasteiger partial charge in [0.2, 0.25) is 0 Å². The van der Waals surface area contributed by atoms with Gasteiger partial charge in [-0.2, -0.15) is 15.4 Å². The number of aromatic nitrogens is 3. The number of benzene rings is 1. The minimum Gasteiger partial charge on any atom is -0.299 e. The summed E-state index contributed by atoms with van der Waals surface area (Å²) in [5.74, 6) is 0. The van der Waals surface area contributed by atoms with Crippen molar-refractivity contribution >= 4 is 0 Å². The van der Waals surface area contributed by atoms with E-state index in [1.54, 1.807) is 6.20 Å². The van der Waals surface area contributed by atoms with Crippen LogP contribution in [-0.2, 0) is 6.54 Å². The normalized spacial score (nSPS) is 16.5. The molecular weight excluding hydrogens is 212 g/mol. The van der Waals surface area contributed by atoms with Crippen molar-refractivity contribution < 1.29 is 0 Å². The second kappa shape index (κ2) is 4.67. The molecule has 4 nitrogen and oxygen atoms in total. The van der Waals surface area contributed by atoms with E-state index in [0.29, 0.717) is 0 Å². The molecule has 1 N–H and O–H groups in total. The maximum absolute atomic E-state index is 4.07. The lowest BCUT2D eigenvalue weighted by Crippen LogP contribution is -2.18. The van der Waals surface area contributed by atoms with E-state index in [9.17, 15) is 0 Å². The van der Waals surface area contributed by atoms with Crippen LogP contribution in [0.3, 0.4) is 0 Å². The molecule has 0 spiro atoms. The van der Waals surface area contributed by atoms with Gasteiger partial charge < -0.3 is 0 Å². The molecule has 0 atom stereocenters. The number of aromatic amines is 1. The van der Waals surface area contributed by atoms with Crippen LogP contribution in [0.25, 0.3) is 11.3 Å². The number of hydrogen-bond acceptors (Lipinski definition) is 3. The van der Waals surface area contributed by atoms with Gasteiger partial charge in [0.25, 0.3) is 0 Å². The van der Waals surface area contributed by atoms with E-state index in [0.717, 1.165) is 17.8 Å². The van der Waals surface area contributed by atoms with Gasteiger partial charge in [0, 0.05) is 12.1 Å². The molecule has 4 heteroatoms. The predicted octanol–water partition coefficient (Wildman–Crippen LogP) is 2.07. The summed E-state index contributed by atoms with van der Waals surface area (Å²) < 4.78 is 0. The first kappa shape index (κ1) is 10.5. The van der Waals surface area contributed by atoms with Gasteiger partial charge in [0.1, 0.15) is 5.69 Å². The average Bonchev–Trinajstić information content (AvgIpc) is 3.01. The van der Waals surface area contributed by atoms with Gasteiger partial charge in [-0.1, -0.05) is 24.3 Å². The third-order valence-electron chi connectivity index (χ3n) is 3.27. The molecule has 88 valence electrons. The minimum atomic E-state index is 0.901. The molecule has 3 rings (SSSR count). The third-order valence-corrected chi connectivity index (χ3v) is 3.27. The van der Waals surface area contributed by atoms with Crippen molar-refractivity contribution in [1.29, 1.82) is 0 Å². The lowest BCUT2D eigenvalue weighted by atomic mass is 10.1. The smallest absolute Gasteiger partial charge is 0.112 e. The first-order valence-corrected chi connectivity index (χ1v) is 6.09. The fourth-order valence-corrected chi connectivity index (χ4v) is 2.32. The summed E-state index contributed by atoms with van der Waals surface area (Å²) in [7, 11) is 0. The molecule has 1 aliphatic heterocycles. The highest BCUT2D eigenvalue weighted by molar-refractivity contribution is 5.57. The third kappa shape index (κ3) is 2.36. The second-order valence-corrected chi connectivity index (χ2v) is 4.54. The van der Waals surface area contributed by atoms with Crippen molar-refractivity contribution in [3.63, 3.8) is 0 Å². The van der Waals surface area contributed by atoms with Crippen LogP contribution in [0.1, 0.15) is 18.4 Å². The highest BCUT2D eigenvalue weighted by atomic mass is 15.3. The van der Waals surface area contributed by atoms with Crippen LogP contribution in [0, 0.1) is 0 Å². The van der Waals surface area contributed by atoms with Crippen LogP contribution in [0.15, 0.2) is 30.5 Å². The maximum Gasteiger partial charge on any atom is 0.112 e. The summed E-state index contributed by atoms with van der Waals surface area (Å²) in [5.41, 5.74) is 3.39. The van der Waals surface area contributed by atoms with E-state index < -0.39 is 0 Å². The van der Waals surface area contributed by atoms with Gasteiger partial charge >= 0.3 is 0 Å². The molecule has 1 fully saturated rings. The Morgan fingerprint density at radius 3 is 2.53 bits per heavy atom. The molecule has 0 bridgehead atoms. The van der Waals surface area contributed by atoms with Crippen LogP contribution in [-0.4, -0.2) is 33.4 Å². The Labute approximate surface area is 101 Å². The Morgan fingerprint density at radius 1 is 1.12 bits per heavy atom. The molecule has 2 heterocycles. The fourth-order valence-electron chi connectivity index (χ4n) is 2.32. The van der Waals surface area contributed by atoms with E-state index in [1.165, 1.54) is 31.5 Å². The molecule has 0 saturated carbocycles. The molecule has 0 amide bonds. The molecule has 0 unspecified atom stereocenters. The molecule has 1 aliphatic rings. The zero-order valence-corrected chi connectivity index (χ0v) is 9.76. The Bertz CT molecular complexity index is 455. The predicted molar refractivity (Wildman–Crippen MR) is 66.3 cm³/mol. The Hall–Kier alpha value is -1.68. The summed E-state index contributed by atoms with van der Waals surface area (Å²) in [6, 6.07) is 8.59. The van der Waals surface area contributed by atoms with E-state index in [-0.39, 0.29) is 0 Å². The fraction of sp³-hybridized carbons (Fsp3) is 0.385. The first-order valence-electron chi connectivity index (χ1n) is 6.09. The Balaban J connectivity index is 1.71. The molecule has 2 aromatic rings. The van der Waals surface area contributed by atoms with Gasteiger partial charge in [-0.05, 0) is 31.5 Å². The van der Waals surface area contributed by atoms with Gasteiger partial charge in [0.05, 0.1) is 6.20 Å². The van der Waals surface area contributed by atoms with Crippen molar-refractivity contribution in [2.45, 2.75) is 19.4 Å². The topological polar surface area (TPSA) is 44.8 Å². The summed E-state index contributed by atoms with van der Waals surface area (Å²) in [6.07, 6.45) is 4.43. The molecular formula is C13H16N4. The van der Waals surface area contributed by atoms with Crippen LogP contribution in [0.4, 0.5) is 0 Å². The van der Waals surface area contributed by atoms with Crippen LogP contribution in [0.2, 0.25) is 0 Å². The molecule has 0 radical (unpaired) electrons. The lowest BCUT2D eigenvalue weighted by molar-refractivity contribution is 0.331. The molecule has 1 saturated heterocycles. The molecule has 0 aliphatic carbocycles. The van der Waals surface area contributed by atoms with Crippen LogP contribution >= 0.6 is 0 Å². The van der Waals surface area contributed by atoms with Crippen molar-refractivity contribution in [2.24, 2.45) is 0 Å². The van der Waals surface area contributed by atoms with Crippen LogP contribution in [0.5, 0.6) is 0 Å². The quantitative estimate of drug-likeness (QED) is 0.874. The molecule has 17 heavy (non-hydrogen) atoms. The Kier molecular flexibility index (Phi) is 2.88. The van der Waals surface area contributed by atoms with E-state index in [4.69, 9.17) is 0 Å². The van der Waals surface area contributed by atoms with Gasteiger partial charge in [-0.25, -0.2) is 0 Å². The van der Waals surface area contributed by atoms with Gasteiger partial charge in [-0.15, -0.1) is 0 Å². The Morgan fingerprint density at radius 2 is 1.88 bits per heavy atom. The number of nitrogens with one attached hydrogen (secondary N) is 1. The standard InChI is InChI=1S/C13H16N4/c1-2-8-17(7-1)10-11-3-5-12(6-4-11)13-9-14-16-15-13/h3-6,9H,1-2,7-8,10H2,(H,14,15,16). The lowest BCUT2D eigenvalue weighted by Gasteiger charge is -2.14. The monoisotopic (exact) mass is 228 g/mol. The summed E-state index contributed by atoms with van der Waals surface area (Å²) >= 11 is 0. The second-order valence-electron chi connectivity index (χ2n) is 4.54. The zero-order chi connectivity index (χ0) is 11.5. The van der Waals surface area contributed by atoms with Crippen molar-refractivity contribution in [3.8, 4) is 11.3 Å². The van der Waals surface area contributed by atoms with Gasteiger partial charge in [-0.3, -0.25) is 4.90 Å².